The van der Waals surface area contributed by atoms with Gasteiger partial charge in [0.2, 0.25) is 0 Å². The Morgan fingerprint density at radius 3 is 2.56 bits per heavy atom. The summed E-state index contributed by atoms with van der Waals surface area (Å²) < 4.78 is 0. The van der Waals surface area contributed by atoms with E-state index in [1.165, 1.54) is 37.4 Å². The third-order valence-corrected chi connectivity index (χ3v) is 5.51. The van der Waals surface area contributed by atoms with Gasteiger partial charge in [0, 0.05) is 31.2 Å². The Morgan fingerprint density at radius 1 is 1.28 bits per heavy atom. The van der Waals surface area contributed by atoms with Crippen LogP contribution in [0.2, 0.25) is 0 Å². The van der Waals surface area contributed by atoms with Gasteiger partial charge in [-0.1, -0.05) is 13.8 Å². The van der Waals surface area contributed by atoms with Crippen LogP contribution in [0.1, 0.15) is 40.5 Å². The first-order valence-corrected chi connectivity index (χ1v) is 8.70. The molecule has 0 saturated carbocycles. The minimum atomic E-state index is 0.287. The molecule has 1 N–H and O–H groups in total. The number of nitrogens with zero attached hydrogens (tertiary/aromatic N) is 1. The minimum Gasteiger partial charge on any atom is -0.309 e. The predicted molar refractivity (Wildman–Crippen MR) is 82.3 cm³/mol. The molecule has 2 saturated heterocycles. The molecular formula is C15H30N2S. The summed E-state index contributed by atoms with van der Waals surface area (Å²) in [5, 5.41) is 3.71. The molecule has 0 aliphatic carbocycles. The van der Waals surface area contributed by atoms with Crippen molar-refractivity contribution in [2.75, 3.05) is 31.1 Å². The number of thioether (sulfide) groups is 1. The number of piperazine rings is 1. The van der Waals surface area contributed by atoms with Gasteiger partial charge in [-0.2, -0.15) is 11.8 Å². The predicted octanol–water partition coefficient (Wildman–Crippen LogP) is 2.84. The quantitative estimate of drug-likeness (QED) is 0.849. The van der Waals surface area contributed by atoms with Gasteiger partial charge >= 0.3 is 0 Å². The van der Waals surface area contributed by atoms with Gasteiger partial charge in [0.1, 0.15) is 0 Å². The van der Waals surface area contributed by atoms with E-state index >= 15 is 0 Å². The third kappa shape index (κ3) is 3.88. The topological polar surface area (TPSA) is 15.3 Å². The van der Waals surface area contributed by atoms with Crippen LogP contribution in [-0.4, -0.2) is 47.6 Å². The highest BCUT2D eigenvalue weighted by Gasteiger charge is 2.34. The second-order valence-corrected chi connectivity index (χ2v) is 8.29. The van der Waals surface area contributed by atoms with Crippen molar-refractivity contribution in [2.24, 2.45) is 11.8 Å². The van der Waals surface area contributed by atoms with Gasteiger partial charge in [-0.15, -0.1) is 0 Å². The monoisotopic (exact) mass is 270 g/mol. The highest BCUT2D eigenvalue weighted by atomic mass is 32.2. The maximum absolute atomic E-state index is 3.71. The molecule has 2 heterocycles. The van der Waals surface area contributed by atoms with Crippen LogP contribution < -0.4 is 5.32 Å². The zero-order chi connectivity index (χ0) is 13.2. The molecule has 0 spiro atoms. The standard InChI is InChI=1S/C15H30N2S/c1-12(2)14-9-16-15(3,4)11-17(14)10-13-5-7-18-8-6-13/h12-14,16H,5-11H2,1-4H3. The fraction of sp³-hybridized carbons (Fsp3) is 1.00. The van der Waals surface area contributed by atoms with E-state index in [4.69, 9.17) is 0 Å². The van der Waals surface area contributed by atoms with Crippen molar-refractivity contribution in [1.29, 1.82) is 0 Å². The lowest BCUT2D eigenvalue weighted by Gasteiger charge is -2.47. The highest BCUT2D eigenvalue weighted by molar-refractivity contribution is 7.99. The van der Waals surface area contributed by atoms with Gasteiger partial charge in [-0.05, 0) is 50.0 Å². The fourth-order valence-electron chi connectivity index (χ4n) is 3.31. The van der Waals surface area contributed by atoms with Crippen LogP contribution in [-0.2, 0) is 0 Å². The molecule has 0 radical (unpaired) electrons. The Labute approximate surface area is 117 Å². The molecule has 1 unspecified atom stereocenters. The Kier molecular flexibility index (Phi) is 5.01. The van der Waals surface area contributed by atoms with E-state index < -0.39 is 0 Å². The summed E-state index contributed by atoms with van der Waals surface area (Å²) in [6.07, 6.45) is 2.86. The number of rotatable bonds is 3. The maximum atomic E-state index is 3.71. The smallest absolute Gasteiger partial charge is 0.0252 e. The molecule has 2 nitrogen and oxygen atoms in total. The Bertz CT molecular complexity index is 259. The van der Waals surface area contributed by atoms with Crippen LogP contribution in [0, 0.1) is 11.8 Å². The first-order valence-electron chi connectivity index (χ1n) is 7.55. The van der Waals surface area contributed by atoms with Crippen LogP contribution >= 0.6 is 11.8 Å². The number of nitrogens with one attached hydrogen (secondary N) is 1. The molecule has 106 valence electrons. The van der Waals surface area contributed by atoms with Crippen LogP contribution in [0.5, 0.6) is 0 Å². The molecule has 0 bridgehead atoms. The second kappa shape index (κ2) is 6.15. The largest absolute Gasteiger partial charge is 0.309 e. The summed E-state index contributed by atoms with van der Waals surface area (Å²) in [5.74, 6) is 4.46. The van der Waals surface area contributed by atoms with E-state index in [0.717, 1.165) is 24.4 Å². The number of hydrogen-bond donors (Lipinski definition) is 1. The summed E-state index contributed by atoms with van der Waals surface area (Å²) in [4.78, 5) is 2.78. The molecule has 0 aromatic rings. The fourth-order valence-corrected chi connectivity index (χ4v) is 4.51. The Balaban J connectivity index is 1.95. The van der Waals surface area contributed by atoms with E-state index in [-0.39, 0.29) is 5.54 Å². The summed E-state index contributed by atoms with van der Waals surface area (Å²) >= 11 is 2.14. The zero-order valence-corrected chi connectivity index (χ0v) is 13.4. The van der Waals surface area contributed by atoms with Crippen molar-refractivity contribution >= 4 is 11.8 Å². The van der Waals surface area contributed by atoms with E-state index in [1.807, 2.05) is 0 Å². The molecule has 2 fully saturated rings. The molecule has 18 heavy (non-hydrogen) atoms. The average Bonchev–Trinajstić information content (AvgIpc) is 2.28. The normalized spacial score (nSPS) is 30.8. The molecule has 1 atom stereocenters. The van der Waals surface area contributed by atoms with Crippen molar-refractivity contribution in [2.45, 2.75) is 52.1 Å². The van der Waals surface area contributed by atoms with Gasteiger partial charge in [0.05, 0.1) is 0 Å². The molecule has 0 aromatic heterocycles. The number of hydrogen-bond acceptors (Lipinski definition) is 3. The van der Waals surface area contributed by atoms with E-state index in [0.29, 0.717) is 0 Å². The second-order valence-electron chi connectivity index (χ2n) is 7.06. The van der Waals surface area contributed by atoms with Crippen LogP contribution in [0.25, 0.3) is 0 Å². The molecule has 0 aromatic carbocycles. The summed E-state index contributed by atoms with van der Waals surface area (Å²) in [5.41, 5.74) is 0.287. The van der Waals surface area contributed by atoms with Gasteiger partial charge in [0.25, 0.3) is 0 Å². The highest BCUT2D eigenvalue weighted by Crippen LogP contribution is 2.27. The average molecular weight is 270 g/mol. The molecule has 2 aliphatic heterocycles. The molecule has 2 rings (SSSR count). The van der Waals surface area contributed by atoms with Crippen molar-refractivity contribution in [3.63, 3.8) is 0 Å². The van der Waals surface area contributed by atoms with Crippen molar-refractivity contribution < 1.29 is 0 Å². The van der Waals surface area contributed by atoms with Crippen LogP contribution in [0.15, 0.2) is 0 Å². The van der Waals surface area contributed by atoms with Gasteiger partial charge in [-0.3, -0.25) is 4.90 Å². The maximum Gasteiger partial charge on any atom is 0.0252 e. The van der Waals surface area contributed by atoms with Crippen molar-refractivity contribution in [3.8, 4) is 0 Å². The van der Waals surface area contributed by atoms with E-state index in [9.17, 15) is 0 Å². The lowest BCUT2D eigenvalue weighted by Crippen LogP contribution is -2.63. The molecule has 3 heteroatoms. The lowest BCUT2D eigenvalue weighted by atomic mass is 9.91. The minimum absolute atomic E-state index is 0.287. The summed E-state index contributed by atoms with van der Waals surface area (Å²) in [6, 6.07) is 0.729. The van der Waals surface area contributed by atoms with Crippen LogP contribution in [0.3, 0.4) is 0 Å². The molecule has 2 aliphatic rings. The SMILES string of the molecule is CC(C)C1CNC(C)(C)CN1CC1CCSCC1. The van der Waals surface area contributed by atoms with E-state index in [2.05, 4.69) is 49.7 Å². The van der Waals surface area contributed by atoms with Crippen LogP contribution in [0.4, 0.5) is 0 Å². The first kappa shape index (κ1) is 14.7. The lowest BCUT2D eigenvalue weighted by molar-refractivity contribution is 0.0540. The molecule has 0 amide bonds. The summed E-state index contributed by atoms with van der Waals surface area (Å²) in [6.45, 7) is 13.1. The third-order valence-electron chi connectivity index (χ3n) is 4.46. The van der Waals surface area contributed by atoms with E-state index in [1.54, 1.807) is 0 Å². The van der Waals surface area contributed by atoms with Gasteiger partial charge in [-0.25, -0.2) is 0 Å². The first-order chi connectivity index (χ1) is 8.48. The van der Waals surface area contributed by atoms with Gasteiger partial charge < -0.3 is 5.32 Å². The summed E-state index contributed by atoms with van der Waals surface area (Å²) in [7, 11) is 0. The Morgan fingerprint density at radius 2 is 1.94 bits per heavy atom. The van der Waals surface area contributed by atoms with Crippen molar-refractivity contribution in [1.82, 2.24) is 10.2 Å². The van der Waals surface area contributed by atoms with Crippen molar-refractivity contribution in [3.05, 3.63) is 0 Å². The molecular weight excluding hydrogens is 240 g/mol. The van der Waals surface area contributed by atoms with Gasteiger partial charge in [0.15, 0.2) is 0 Å². The zero-order valence-electron chi connectivity index (χ0n) is 12.5. The Hall–Kier alpha value is 0.270.